The van der Waals surface area contributed by atoms with Crippen molar-refractivity contribution in [1.29, 1.82) is 0 Å². The van der Waals surface area contributed by atoms with E-state index in [1.165, 1.54) is 6.07 Å². The second-order valence-corrected chi connectivity index (χ2v) is 4.54. The van der Waals surface area contributed by atoms with Crippen molar-refractivity contribution in [2.24, 2.45) is 0 Å². The number of nitrogens with one attached hydrogen (secondary N) is 2. The SMILES string of the molecule is O=C(O)CCC(=O)NCCS.O=C(O)c1ccc[nH]c1=S. The smallest absolute Gasteiger partial charge is 0.338 e. The first-order chi connectivity index (χ1) is 9.88. The van der Waals surface area contributed by atoms with Crippen molar-refractivity contribution >= 4 is 42.7 Å². The van der Waals surface area contributed by atoms with Gasteiger partial charge in [-0.25, -0.2) is 4.79 Å². The molecular formula is C12H16N2O5S2. The van der Waals surface area contributed by atoms with Crippen molar-refractivity contribution in [3.63, 3.8) is 0 Å². The van der Waals surface area contributed by atoms with Crippen LogP contribution < -0.4 is 5.32 Å². The number of aromatic carboxylic acids is 1. The lowest BCUT2D eigenvalue weighted by molar-refractivity contribution is -0.138. The zero-order chi connectivity index (χ0) is 16.3. The summed E-state index contributed by atoms with van der Waals surface area (Å²) in [6.45, 7) is 0.488. The molecule has 1 heterocycles. The third-order valence-electron chi connectivity index (χ3n) is 2.05. The fourth-order valence-electron chi connectivity index (χ4n) is 1.09. The monoisotopic (exact) mass is 332 g/mol. The Morgan fingerprint density at radius 2 is 1.95 bits per heavy atom. The van der Waals surface area contributed by atoms with Crippen LogP contribution in [0, 0.1) is 4.64 Å². The van der Waals surface area contributed by atoms with Gasteiger partial charge in [0.2, 0.25) is 5.91 Å². The summed E-state index contributed by atoms with van der Waals surface area (Å²) in [4.78, 5) is 33.6. The summed E-state index contributed by atoms with van der Waals surface area (Å²) in [7, 11) is 0. The quantitative estimate of drug-likeness (QED) is 0.396. The van der Waals surface area contributed by atoms with Gasteiger partial charge in [0.15, 0.2) is 0 Å². The molecule has 21 heavy (non-hydrogen) atoms. The van der Waals surface area contributed by atoms with Gasteiger partial charge in [0.1, 0.15) is 4.64 Å². The van der Waals surface area contributed by atoms with Crippen LogP contribution in [0.2, 0.25) is 0 Å². The zero-order valence-corrected chi connectivity index (χ0v) is 12.7. The van der Waals surface area contributed by atoms with E-state index in [0.717, 1.165) is 0 Å². The molecule has 1 amide bonds. The Labute approximate surface area is 131 Å². The number of aliphatic carboxylic acids is 1. The van der Waals surface area contributed by atoms with Gasteiger partial charge in [-0.15, -0.1) is 0 Å². The van der Waals surface area contributed by atoms with Crippen LogP contribution in [0.3, 0.4) is 0 Å². The van der Waals surface area contributed by atoms with Crippen molar-refractivity contribution in [3.8, 4) is 0 Å². The van der Waals surface area contributed by atoms with E-state index in [-0.39, 0.29) is 29.0 Å². The largest absolute Gasteiger partial charge is 0.481 e. The van der Waals surface area contributed by atoms with Gasteiger partial charge in [-0.3, -0.25) is 9.59 Å². The highest BCUT2D eigenvalue weighted by Crippen LogP contribution is 1.97. The van der Waals surface area contributed by atoms with Gasteiger partial charge in [0.25, 0.3) is 0 Å². The number of hydrogen-bond acceptors (Lipinski definition) is 5. The highest BCUT2D eigenvalue weighted by atomic mass is 32.1. The first kappa shape index (κ1) is 19.1. The number of aromatic amines is 1. The molecule has 4 N–H and O–H groups in total. The van der Waals surface area contributed by atoms with Gasteiger partial charge < -0.3 is 20.5 Å². The number of hydrogen-bond donors (Lipinski definition) is 5. The predicted molar refractivity (Wildman–Crippen MR) is 82.3 cm³/mol. The Hall–Kier alpha value is -1.87. The van der Waals surface area contributed by atoms with Crippen LogP contribution in [-0.4, -0.2) is 45.3 Å². The number of thiol groups is 1. The summed E-state index contributed by atoms with van der Waals surface area (Å²) >= 11 is 8.56. The number of rotatable bonds is 6. The molecule has 1 aromatic rings. The van der Waals surface area contributed by atoms with Gasteiger partial charge in [-0.2, -0.15) is 12.6 Å². The zero-order valence-electron chi connectivity index (χ0n) is 11.0. The molecule has 0 spiro atoms. The molecular weight excluding hydrogens is 316 g/mol. The molecule has 0 radical (unpaired) electrons. The number of pyridine rings is 1. The maximum absolute atomic E-state index is 10.7. The molecule has 0 bridgehead atoms. The molecule has 1 aromatic heterocycles. The Morgan fingerprint density at radius 1 is 1.29 bits per heavy atom. The highest BCUT2D eigenvalue weighted by molar-refractivity contribution is 7.80. The van der Waals surface area contributed by atoms with E-state index < -0.39 is 11.9 Å². The maximum Gasteiger partial charge on any atom is 0.338 e. The minimum atomic E-state index is -0.998. The average Bonchev–Trinajstić information content (AvgIpc) is 2.43. The molecule has 0 atom stereocenters. The summed E-state index contributed by atoms with van der Waals surface area (Å²) < 4.78 is 0.259. The summed E-state index contributed by atoms with van der Waals surface area (Å²) in [5.74, 6) is -1.62. The number of aromatic nitrogens is 1. The Morgan fingerprint density at radius 3 is 2.38 bits per heavy atom. The number of amides is 1. The van der Waals surface area contributed by atoms with Gasteiger partial charge in [0, 0.05) is 24.9 Å². The van der Waals surface area contributed by atoms with Crippen molar-refractivity contribution in [1.82, 2.24) is 10.3 Å². The van der Waals surface area contributed by atoms with Crippen molar-refractivity contribution in [2.45, 2.75) is 12.8 Å². The molecule has 0 saturated heterocycles. The second kappa shape index (κ2) is 10.9. The molecule has 9 heteroatoms. The van der Waals surface area contributed by atoms with Crippen LogP contribution in [0.4, 0.5) is 0 Å². The van der Waals surface area contributed by atoms with E-state index in [9.17, 15) is 14.4 Å². The molecule has 0 aliphatic carbocycles. The van der Waals surface area contributed by atoms with Gasteiger partial charge >= 0.3 is 11.9 Å². The number of carbonyl (C=O) groups is 3. The van der Waals surface area contributed by atoms with Crippen LogP contribution >= 0.6 is 24.8 Å². The van der Waals surface area contributed by atoms with Crippen molar-refractivity contribution in [3.05, 3.63) is 28.5 Å². The number of carboxylic acid groups (broad SMARTS) is 2. The molecule has 0 aliphatic rings. The first-order valence-corrected chi connectivity index (χ1v) is 6.93. The van der Waals surface area contributed by atoms with Crippen molar-refractivity contribution < 1.29 is 24.6 Å². The number of carbonyl (C=O) groups excluding carboxylic acids is 1. The highest BCUT2D eigenvalue weighted by Gasteiger charge is 2.03. The summed E-state index contributed by atoms with van der Waals surface area (Å²) in [5, 5.41) is 19.2. The molecule has 7 nitrogen and oxygen atoms in total. The van der Waals surface area contributed by atoms with Crippen LogP contribution in [0.1, 0.15) is 23.2 Å². The average molecular weight is 332 g/mol. The van der Waals surface area contributed by atoms with Gasteiger partial charge in [-0.1, -0.05) is 12.2 Å². The predicted octanol–water partition coefficient (Wildman–Crippen LogP) is 1.34. The molecule has 1 rings (SSSR count). The second-order valence-electron chi connectivity index (χ2n) is 3.69. The van der Waals surface area contributed by atoms with E-state index in [1.807, 2.05) is 0 Å². The fourth-order valence-corrected chi connectivity index (χ4v) is 1.43. The van der Waals surface area contributed by atoms with E-state index >= 15 is 0 Å². The van der Waals surface area contributed by atoms with Crippen LogP contribution in [0.25, 0.3) is 0 Å². The summed E-state index contributed by atoms with van der Waals surface area (Å²) in [6.07, 6.45) is 1.52. The third-order valence-corrected chi connectivity index (χ3v) is 2.61. The Bertz CT molecular complexity index is 544. The lowest BCUT2D eigenvalue weighted by atomic mass is 10.3. The van der Waals surface area contributed by atoms with E-state index in [1.54, 1.807) is 12.3 Å². The molecule has 0 aromatic carbocycles. The van der Waals surface area contributed by atoms with Crippen molar-refractivity contribution in [2.75, 3.05) is 12.3 Å². The minimum absolute atomic E-state index is 0.0448. The minimum Gasteiger partial charge on any atom is -0.481 e. The normalized spacial score (nSPS) is 9.19. The third kappa shape index (κ3) is 9.63. The van der Waals surface area contributed by atoms with Gasteiger partial charge in [-0.05, 0) is 12.1 Å². The number of carboxylic acids is 2. The first-order valence-electron chi connectivity index (χ1n) is 5.88. The maximum atomic E-state index is 10.7. The van der Waals surface area contributed by atoms with Crippen LogP contribution in [0.5, 0.6) is 0 Å². The molecule has 116 valence electrons. The summed E-state index contributed by atoms with van der Waals surface area (Å²) in [5.41, 5.74) is 0.137. The summed E-state index contributed by atoms with van der Waals surface area (Å²) in [6, 6.07) is 3.06. The number of H-pyrrole nitrogens is 1. The van der Waals surface area contributed by atoms with Crippen LogP contribution in [-0.2, 0) is 9.59 Å². The fraction of sp³-hybridized carbons (Fsp3) is 0.333. The molecule has 0 aliphatic heterocycles. The van der Waals surface area contributed by atoms with E-state index in [0.29, 0.717) is 12.3 Å². The molecule has 0 saturated carbocycles. The Kier molecular flexibility index (Phi) is 9.90. The van der Waals surface area contributed by atoms with Crippen LogP contribution in [0.15, 0.2) is 18.3 Å². The lowest BCUT2D eigenvalue weighted by Gasteiger charge is -1.99. The topological polar surface area (TPSA) is 119 Å². The van der Waals surface area contributed by atoms with Gasteiger partial charge in [0.05, 0.1) is 12.0 Å². The van der Waals surface area contributed by atoms with E-state index in [4.69, 9.17) is 22.4 Å². The van der Waals surface area contributed by atoms with E-state index in [2.05, 4.69) is 22.9 Å². The Balaban J connectivity index is 0.000000382. The lowest BCUT2D eigenvalue weighted by Crippen LogP contribution is -2.25. The molecule has 0 fully saturated rings. The molecule has 0 unspecified atom stereocenters. The standard InChI is InChI=1S/C6H11NO3S.C6H5NO2S/c8-5(7-3-4-11)1-2-6(9)10;8-6(9)4-2-1-3-7-5(4)10/h11H,1-4H2,(H,7,8)(H,9,10);1-3H,(H,7,10)(H,8,9).